The number of amides is 1. The Morgan fingerprint density at radius 2 is 1.78 bits per heavy atom. The zero-order valence-corrected chi connectivity index (χ0v) is 17.1. The highest BCUT2D eigenvalue weighted by Gasteiger charge is 2.07. The number of hydrogen-bond donors (Lipinski definition) is 1. The van der Waals surface area contributed by atoms with Crippen LogP contribution in [0.2, 0.25) is 0 Å². The molecule has 0 radical (unpaired) electrons. The van der Waals surface area contributed by atoms with E-state index in [1.807, 2.05) is 0 Å². The summed E-state index contributed by atoms with van der Waals surface area (Å²) in [6.07, 6.45) is 4.54. The Bertz CT molecular complexity index is 1090. The van der Waals surface area contributed by atoms with E-state index in [0.29, 0.717) is 28.4 Å². The van der Waals surface area contributed by atoms with E-state index >= 15 is 0 Å². The Balaban J connectivity index is 1.50. The van der Waals surface area contributed by atoms with Crippen LogP contribution in [-0.4, -0.2) is 42.4 Å². The Labute approximate surface area is 183 Å². The number of benzene rings is 2. The molecule has 0 atom stereocenters. The summed E-state index contributed by atoms with van der Waals surface area (Å²) in [7, 11) is 1.52. The van der Waals surface area contributed by atoms with Crippen LogP contribution in [0.25, 0.3) is 0 Å². The summed E-state index contributed by atoms with van der Waals surface area (Å²) in [6, 6.07) is 14.2. The number of methoxy groups -OCH3 is 1. The van der Waals surface area contributed by atoms with Gasteiger partial charge in [-0.15, -0.1) is 0 Å². The molecule has 3 rings (SSSR count). The van der Waals surface area contributed by atoms with Crippen LogP contribution < -0.4 is 19.6 Å². The summed E-state index contributed by atoms with van der Waals surface area (Å²) < 4.78 is 16.6. The Morgan fingerprint density at radius 1 is 1.06 bits per heavy atom. The molecule has 1 aromatic heterocycles. The summed E-state index contributed by atoms with van der Waals surface area (Å²) in [5.74, 6) is 1.16. The molecule has 0 spiro atoms. The summed E-state index contributed by atoms with van der Waals surface area (Å²) in [5.41, 5.74) is 3.60. The fraction of sp³-hybridized carbons (Fsp3) is 0.136. The van der Waals surface area contributed by atoms with E-state index < -0.39 is 4.92 Å². The Kier molecular flexibility index (Phi) is 7.68. The van der Waals surface area contributed by atoms with Crippen LogP contribution in [-0.2, 0) is 0 Å². The average Bonchev–Trinajstić information content (AvgIpc) is 2.83. The number of carbonyl (C=O) groups excluding carboxylic acids is 1. The second-order valence-electron chi connectivity index (χ2n) is 6.29. The van der Waals surface area contributed by atoms with Gasteiger partial charge in [0.25, 0.3) is 11.6 Å². The maximum Gasteiger partial charge on any atom is 0.271 e. The Morgan fingerprint density at radius 3 is 2.47 bits per heavy atom. The number of pyridine rings is 1. The smallest absolute Gasteiger partial charge is 0.271 e. The minimum atomic E-state index is -0.470. The van der Waals surface area contributed by atoms with Crippen molar-refractivity contribution in [3.05, 3.63) is 88.2 Å². The summed E-state index contributed by atoms with van der Waals surface area (Å²) in [4.78, 5) is 26.0. The van der Waals surface area contributed by atoms with Gasteiger partial charge in [-0.25, -0.2) is 5.43 Å². The molecule has 1 N–H and O–H groups in total. The topological polar surface area (TPSA) is 125 Å². The highest BCUT2D eigenvalue weighted by atomic mass is 16.6. The van der Waals surface area contributed by atoms with Crippen LogP contribution in [0, 0.1) is 10.1 Å². The molecular formula is C22H20N4O6. The van der Waals surface area contributed by atoms with Gasteiger partial charge in [0.2, 0.25) is 0 Å². The van der Waals surface area contributed by atoms with Gasteiger partial charge >= 0.3 is 0 Å². The molecule has 0 bridgehead atoms. The number of nitro groups is 1. The molecule has 10 heteroatoms. The maximum atomic E-state index is 12.0. The zero-order chi connectivity index (χ0) is 22.8. The first-order chi connectivity index (χ1) is 15.6. The van der Waals surface area contributed by atoms with Gasteiger partial charge in [-0.3, -0.25) is 19.9 Å². The third kappa shape index (κ3) is 6.26. The van der Waals surface area contributed by atoms with Gasteiger partial charge in [-0.2, -0.15) is 5.10 Å². The molecule has 2 aromatic carbocycles. The number of nitro benzene ring substituents is 1. The van der Waals surface area contributed by atoms with Gasteiger partial charge in [-0.05, 0) is 48.0 Å². The normalized spacial score (nSPS) is 10.5. The first kappa shape index (κ1) is 22.2. The lowest BCUT2D eigenvalue weighted by atomic mass is 10.2. The van der Waals surface area contributed by atoms with Gasteiger partial charge in [0.15, 0.2) is 11.5 Å². The molecule has 1 heterocycles. The third-order valence-electron chi connectivity index (χ3n) is 4.17. The van der Waals surface area contributed by atoms with Crippen LogP contribution in [0.5, 0.6) is 17.2 Å². The molecule has 10 nitrogen and oxygen atoms in total. The fourth-order valence-corrected chi connectivity index (χ4v) is 2.59. The van der Waals surface area contributed by atoms with E-state index in [9.17, 15) is 14.9 Å². The largest absolute Gasteiger partial charge is 0.493 e. The standard InChI is InChI=1S/C22H20N4O6/c1-30-21-14-16(15-24-25-22(27)17-8-10-23-11-9-17)2-7-20(21)32-13-12-31-19-5-3-18(4-6-19)26(28)29/h2-11,14-15H,12-13H2,1H3,(H,25,27)/b24-15-. The van der Waals surface area contributed by atoms with E-state index in [4.69, 9.17) is 14.2 Å². The number of nitrogens with one attached hydrogen (secondary N) is 1. The van der Waals surface area contributed by atoms with Crippen molar-refractivity contribution >= 4 is 17.8 Å². The summed E-state index contributed by atoms with van der Waals surface area (Å²) in [6.45, 7) is 0.480. The van der Waals surface area contributed by atoms with E-state index in [1.54, 1.807) is 30.3 Å². The quantitative estimate of drug-likeness (QED) is 0.224. The number of carbonyl (C=O) groups is 1. The molecule has 1 amide bonds. The third-order valence-corrected chi connectivity index (χ3v) is 4.17. The van der Waals surface area contributed by atoms with Crippen molar-refractivity contribution in [2.24, 2.45) is 5.10 Å². The maximum absolute atomic E-state index is 12.0. The van der Waals surface area contributed by atoms with Crippen molar-refractivity contribution in [3.63, 3.8) is 0 Å². The molecule has 0 aliphatic heterocycles. The molecule has 0 saturated carbocycles. The predicted molar refractivity (Wildman–Crippen MR) is 116 cm³/mol. The molecule has 0 unspecified atom stereocenters. The lowest BCUT2D eigenvalue weighted by Gasteiger charge is -2.12. The number of ether oxygens (including phenoxy) is 3. The Hall–Kier alpha value is -4.47. The van der Waals surface area contributed by atoms with Gasteiger partial charge in [0.05, 0.1) is 18.2 Å². The van der Waals surface area contributed by atoms with Crippen molar-refractivity contribution in [1.82, 2.24) is 10.4 Å². The van der Waals surface area contributed by atoms with Crippen molar-refractivity contribution in [1.29, 1.82) is 0 Å². The number of aromatic nitrogens is 1. The number of hydrogen-bond acceptors (Lipinski definition) is 8. The first-order valence-corrected chi connectivity index (χ1v) is 9.48. The van der Waals surface area contributed by atoms with Gasteiger partial charge in [0.1, 0.15) is 19.0 Å². The molecule has 32 heavy (non-hydrogen) atoms. The summed E-state index contributed by atoms with van der Waals surface area (Å²) in [5, 5.41) is 14.6. The highest BCUT2D eigenvalue weighted by Crippen LogP contribution is 2.27. The van der Waals surface area contributed by atoms with Gasteiger partial charge < -0.3 is 14.2 Å². The van der Waals surface area contributed by atoms with Gasteiger partial charge in [-0.1, -0.05) is 0 Å². The molecule has 164 valence electrons. The van der Waals surface area contributed by atoms with E-state index in [-0.39, 0.29) is 24.8 Å². The molecule has 0 saturated heterocycles. The lowest BCUT2D eigenvalue weighted by Crippen LogP contribution is -2.17. The van der Waals surface area contributed by atoms with Crippen molar-refractivity contribution in [3.8, 4) is 17.2 Å². The highest BCUT2D eigenvalue weighted by molar-refractivity contribution is 5.94. The second-order valence-corrected chi connectivity index (χ2v) is 6.29. The van der Waals surface area contributed by atoms with E-state index in [1.165, 1.54) is 50.0 Å². The van der Waals surface area contributed by atoms with Crippen LogP contribution in [0.4, 0.5) is 5.69 Å². The minimum absolute atomic E-state index is 0.00102. The predicted octanol–water partition coefficient (Wildman–Crippen LogP) is 3.22. The molecule has 0 aliphatic rings. The zero-order valence-electron chi connectivity index (χ0n) is 17.1. The van der Waals surface area contributed by atoms with Gasteiger partial charge in [0, 0.05) is 30.1 Å². The SMILES string of the molecule is COc1cc(/C=N\NC(=O)c2ccncc2)ccc1OCCOc1ccc([N+](=O)[O-])cc1. The second kappa shape index (κ2) is 11.1. The average molecular weight is 436 g/mol. The minimum Gasteiger partial charge on any atom is -0.493 e. The van der Waals surface area contributed by atoms with Crippen LogP contribution >= 0.6 is 0 Å². The molecular weight excluding hydrogens is 416 g/mol. The number of hydrazone groups is 1. The monoisotopic (exact) mass is 436 g/mol. The lowest BCUT2D eigenvalue weighted by molar-refractivity contribution is -0.384. The van der Waals surface area contributed by atoms with Crippen molar-refractivity contribution < 1.29 is 23.9 Å². The van der Waals surface area contributed by atoms with Crippen molar-refractivity contribution in [2.45, 2.75) is 0 Å². The summed E-state index contributed by atoms with van der Waals surface area (Å²) >= 11 is 0. The first-order valence-electron chi connectivity index (χ1n) is 9.48. The fourth-order valence-electron chi connectivity index (χ4n) is 2.59. The van der Waals surface area contributed by atoms with Crippen LogP contribution in [0.3, 0.4) is 0 Å². The molecule has 3 aromatic rings. The van der Waals surface area contributed by atoms with Crippen molar-refractivity contribution in [2.75, 3.05) is 20.3 Å². The number of rotatable bonds is 10. The van der Waals surface area contributed by atoms with Crippen LogP contribution in [0.1, 0.15) is 15.9 Å². The van der Waals surface area contributed by atoms with Crippen LogP contribution in [0.15, 0.2) is 72.1 Å². The van der Waals surface area contributed by atoms with E-state index in [0.717, 1.165) is 0 Å². The number of nitrogens with zero attached hydrogens (tertiary/aromatic N) is 3. The number of non-ortho nitro benzene ring substituents is 1. The molecule has 0 fully saturated rings. The van der Waals surface area contributed by atoms with E-state index in [2.05, 4.69) is 15.5 Å². The molecule has 0 aliphatic carbocycles.